The lowest BCUT2D eigenvalue weighted by Crippen LogP contribution is -2.21. The highest BCUT2D eigenvalue weighted by Gasteiger charge is 2.02. The Bertz CT molecular complexity index is 753. The van der Waals surface area contributed by atoms with Crippen LogP contribution < -0.4 is 10.1 Å². The lowest BCUT2D eigenvalue weighted by Gasteiger charge is -2.07. The number of aldehydes is 1. The summed E-state index contributed by atoms with van der Waals surface area (Å²) in [5.74, 6) is 2.20. The van der Waals surface area contributed by atoms with Crippen LogP contribution in [0.15, 0.2) is 59.5 Å². The van der Waals surface area contributed by atoms with Gasteiger partial charge in [-0.25, -0.2) is 9.97 Å². The first-order valence-corrected chi connectivity index (χ1v) is 7.59. The van der Waals surface area contributed by atoms with Crippen molar-refractivity contribution in [2.45, 2.75) is 6.54 Å². The Morgan fingerprint density at radius 1 is 1.12 bits per heavy atom. The average Bonchev–Trinajstić information content (AvgIpc) is 3.17. The molecule has 6 nitrogen and oxygen atoms in total. The number of nitrogens with zero attached hydrogens (tertiary/aromatic N) is 2. The second-order valence-electron chi connectivity index (χ2n) is 5.08. The Kier molecular flexibility index (Phi) is 5.32. The van der Waals surface area contributed by atoms with Crippen LogP contribution in [-0.2, 0) is 6.54 Å². The maximum Gasteiger partial charge on any atom is 0.150 e. The van der Waals surface area contributed by atoms with E-state index in [1.54, 1.807) is 42.9 Å². The highest BCUT2D eigenvalue weighted by atomic mass is 16.5. The molecule has 0 fully saturated rings. The molecule has 0 aliphatic carbocycles. The van der Waals surface area contributed by atoms with Crippen LogP contribution in [-0.4, -0.2) is 29.4 Å². The smallest absolute Gasteiger partial charge is 0.150 e. The number of aromatic nitrogens is 2. The molecule has 3 rings (SSSR count). The van der Waals surface area contributed by atoms with Crippen LogP contribution in [0.4, 0.5) is 0 Å². The molecule has 1 N–H and O–H groups in total. The van der Waals surface area contributed by atoms with Crippen LogP contribution in [0.3, 0.4) is 0 Å². The van der Waals surface area contributed by atoms with Gasteiger partial charge in [-0.2, -0.15) is 0 Å². The molecule has 0 saturated carbocycles. The summed E-state index contributed by atoms with van der Waals surface area (Å²) in [6.45, 7) is 1.75. The topological polar surface area (TPSA) is 77.2 Å². The first kappa shape index (κ1) is 15.9. The zero-order chi connectivity index (χ0) is 16.6. The molecule has 2 heterocycles. The third kappa shape index (κ3) is 4.27. The molecule has 0 unspecified atom stereocenters. The number of hydrogen-bond acceptors (Lipinski definition) is 6. The van der Waals surface area contributed by atoms with E-state index in [1.165, 1.54) is 0 Å². The zero-order valence-corrected chi connectivity index (χ0v) is 13.0. The standard InChI is InChI=1S/C18H17N3O3/c22-13-14-3-5-16(6-4-14)23-9-7-19-12-18-20-10-15(11-21-18)17-2-1-8-24-17/h1-6,8,10-11,13,19H,7,9,12H2. The minimum absolute atomic E-state index is 0.519. The summed E-state index contributed by atoms with van der Waals surface area (Å²) in [6, 6.07) is 10.7. The van der Waals surface area contributed by atoms with Crippen molar-refractivity contribution in [3.63, 3.8) is 0 Å². The number of hydrogen-bond donors (Lipinski definition) is 1. The normalized spacial score (nSPS) is 10.5. The number of nitrogens with one attached hydrogen (secondary N) is 1. The molecular formula is C18H17N3O3. The Morgan fingerprint density at radius 3 is 2.58 bits per heavy atom. The minimum Gasteiger partial charge on any atom is -0.492 e. The maximum atomic E-state index is 10.6. The monoisotopic (exact) mass is 323 g/mol. The number of benzene rings is 1. The molecule has 0 atom stereocenters. The van der Waals surface area contributed by atoms with Crippen molar-refractivity contribution >= 4 is 6.29 Å². The first-order valence-electron chi connectivity index (χ1n) is 7.59. The van der Waals surface area contributed by atoms with Crippen molar-refractivity contribution < 1.29 is 13.9 Å². The second-order valence-corrected chi connectivity index (χ2v) is 5.08. The first-order chi connectivity index (χ1) is 11.8. The van der Waals surface area contributed by atoms with Crippen LogP contribution in [0.5, 0.6) is 5.75 Å². The molecule has 2 aromatic heterocycles. The average molecular weight is 323 g/mol. The van der Waals surface area contributed by atoms with Gasteiger partial charge in [0.25, 0.3) is 0 Å². The number of rotatable bonds is 8. The SMILES string of the molecule is O=Cc1ccc(OCCNCc2ncc(-c3ccco3)cn2)cc1. The van der Waals surface area contributed by atoms with E-state index in [0.717, 1.165) is 23.4 Å². The summed E-state index contributed by atoms with van der Waals surface area (Å²) in [5.41, 5.74) is 1.49. The summed E-state index contributed by atoms with van der Waals surface area (Å²) in [5, 5.41) is 3.22. The van der Waals surface area contributed by atoms with E-state index in [9.17, 15) is 4.79 Å². The van der Waals surface area contributed by atoms with Crippen LogP contribution in [0.25, 0.3) is 11.3 Å². The van der Waals surface area contributed by atoms with E-state index in [-0.39, 0.29) is 0 Å². The van der Waals surface area contributed by atoms with Crippen molar-refractivity contribution in [1.29, 1.82) is 0 Å². The van der Waals surface area contributed by atoms with E-state index >= 15 is 0 Å². The maximum absolute atomic E-state index is 10.6. The van der Waals surface area contributed by atoms with Gasteiger partial charge in [0.2, 0.25) is 0 Å². The highest BCUT2D eigenvalue weighted by Crippen LogP contribution is 2.17. The molecule has 0 radical (unpaired) electrons. The molecule has 0 spiro atoms. The summed E-state index contributed by atoms with van der Waals surface area (Å²) >= 11 is 0. The second kappa shape index (κ2) is 8.03. The summed E-state index contributed by atoms with van der Waals surface area (Å²) < 4.78 is 10.9. The van der Waals surface area contributed by atoms with Crippen LogP contribution in [0, 0.1) is 0 Å². The third-order valence-electron chi connectivity index (χ3n) is 3.36. The van der Waals surface area contributed by atoms with Gasteiger partial charge in [0.1, 0.15) is 30.2 Å². The van der Waals surface area contributed by atoms with Gasteiger partial charge >= 0.3 is 0 Å². The molecule has 0 bridgehead atoms. The van der Waals surface area contributed by atoms with Gasteiger partial charge in [-0.3, -0.25) is 4.79 Å². The Labute approximate surface area is 139 Å². The van der Waals surface area contributed by atoms with Crippen molar-refractivity contribution in [2.75, 3.05) is 13.2 Å². The molecule has 0 amide bonds. The molecule has 24 heavy (non-hydrogen) atoms. The van der Waals surface area contributed by atoms with E-state index in [0.29, 0.717) is 31.1 Å². The van der Waals surface area contributed by atoms with Crippen LogP contribution in [0.2, 0.25) is 0 Å². The Balaban J connectivity index is 1.39. The quantitative estimate of drug-likeness (QED) is 0.507. The fraction of sp³-hybridized carbons (Fsp3) is 0.167. The molecule has 0 saturated heterocycles. The molecular weight excluding hydrogens is 306 g/mol. The summed E-state index contributed by atoms with van der Waals surface area (Å²) in [6.07, 6.45) is 5.92. The number of ether oxygens (including phenoxy) is 1. The van der Waals surface area contributed by atoms with E-state index in [1.807, 2.05) is 12.1 Å². The lowest BCUT2D eigenvalue weighted by molar-refractivity contribution is 0.112. The number of furan rings is 1. The van der Waals surface area contributed by atoms with Crippen LogP contribution >= 0.6 is 0 Å². The molecule has 0 aliphatic heterocycles. The minimum atomic E-state index is 0.519. The van der Waals surface area contributed by atoms with Crippen LogP contribution in [0.1, 0.15) is 16.2 Å². The van der Waals surface area contributed by atoms with Gasteiger partial charge in [0.15, 0.2) is 0 Å². The van der Waals surface area contributed by atoms with Crippen molar-refractivity contribution in [1.82, 2.24) is 15.3 Å². The summed E-state index contributed by atoms with van der Waals surface area (Å²) in [7, 11) is 0. The molecule has 3 aromatic rings. The van der Waals surface area contributed by atoms with Gasteiger partial charge in [0.05, 0.1) is 18.4 Å². The van der Waals surface area contributed by atoms with Gasteiger partial charge in [0, 0.05) is 24.5 Å². The van der Waals surface area contributed by atoms with Gasteiger partial charge in [-0.1, -0.05) is 0 Å². The number of carbonyl (C=O) groups excluding carboxylic acids is 1. The Morgan fingerprint density at radius 2 is 1.92 bits per heavy atom. The molecule has 1 aromatic carbocycles. The summed E-state index contributed by atoms with van der Waals surface area (Å²) in [4.78, 5) is 19.2. The lowest BCUT2D eigenvalue weighted by atomic mass is 10.2. The van der Waals surface area contributed by atoms with E-state index < -0.39 is 0 Å². The Hall–Kier alpha value is -2.99. The van der Waals surface area contributed by atoms with Gasteiger partial charge < -0.3 is 14.5 Å². The fourth-order valence-electron chi connectivity index (χ4n) is 2.10. The zero-order valence-electron chi connectivity index (χ0n) is 13.0. The largest absolute Gasteiger partial charge is 0.492 e. The van der Waals surface area contributed by atoms with Crippen molar-refractivity contribution in [3.05, 3.63) is 66.4 Å². The van der Waals surface area contributed by atoms with Gasteiger partial charge in [-0.05, 0) is 36.4 Å². The van der Waals surface area contributed by atoms with Gasteiger partial charge in [-0.15, -0.1) is 0 Å². The predicted octanol–water partition coefficient (Wildman–Crippen LogP) is 2.72. The van der Waals surface area contributed by atoms with Crippen molar-refractivity contribution in [3.8, 4) is 17.1 Å². The van der Waals surface area contributed by atoms with E-state index in [4.69, 9.17) is 9.15 Å². The molecule has 6 heteroatoms. The molecule has 122 valence electrons. The van der Waals surface area contributed by atoms with E-state index in [2.05, 4.69) is 15.3 Å². The third-order valence-corrected chi connectivity index (χ3v) is 3.36. The van der Waals surface area contributed by atoms with Crippen molar-refractivity contribution in [2.24, 2.45) is 0 Å². The number of carbonyl (C=O) groups is 1. The molecule has 0 aliphatic rings. The fourth-order valence-corrected chi connectivity index (χ4v) is 2.10. The predicted molar refractivity (Wildman–Crippen MR) is 88.8 cm³/mol. The highest BCUT2D eigenvalue weighted by molar-refractivity contribution is 5.74.